The van der Waals surface area contributed by atoms with Crippen LogP contribution in [0.2, 0.25) is 0 Å². The maximum atomic E-state index is 4.64. The van der Waals surface area contributed by atoms with Crippen LogP contribution >= 0.6 is 11.3 Å². The van der Waals surface area contributed by atoms with Crippen molar-refractivity contribution in [1.29, 1.82) is 0 Å². The van der Waals surface area contributed by atoms with Gasteiger partial charge in [-0.3, -0.25) is 4.99 Å². The molecule has 0 aliphatic heterocycles. The van der Waals surface area contributed by atoms with Crippen molar-refractivity contribution in [2.24, 2.45) is 4.99 Å². The molecule has 1 atom stereocenters. The molecule has 5 nitrogen and oxygen atoms in total. The highest BCUT2D eigenvalue weighted by molar-refractivity contribution is 7.09. The standard InChI is InChI=1S/C19H29N5S/c1-14(2)17-13-25-18(23-17)12-22-19(20-4)21-11-15(3)24(5)16-9-7-6-8-10-16/h6-10,13-15H,11-12H2,1-5H3,(H2,20,21,22). The summed E-state index contributed by atoms with van der Waals surface area (Å²) in [5.41, 5.74) is 2.37. The van der Waals surface area contributed by atoms with Crippen LogP contribution in [0.25, 0.3) is 0 Å². The van der Waals surface area contributed by atoms with Crippen LogP contribution in [0.15, 0.2) is 40.7 Å². The van der Waals surface area contributed by atoms with E-state index in [1.54, 1.807) is 18.4 Å². The summed E-state index contributed by atoms with van der Waals surface area (Å²) in [4.78, 5) is 11.2. The zero-order valence-electron chi connectivity index (χ0n) is 15.8. The van der Waals surface area contributed by atoms with Crippen molar-refractivity contribution in [3.8, 4) is 0 Å². The van der Waals surface area contributed by atoms with E-state index >= 15 is 0 Å². The van der Waals surface area contributed by atoms with Gasteiger partial charge in [-0.2, -0.15) is 0 Å². The molecule has 0 aliphatic rings. The van der Waals surface area contributed by atoms with Gasteiger partial charge in [0.2, 0.25) is 0 Å². The van der Waals surface area contributed by atoms with Gasteiger partial charge in [-0.15, -0.1) is 11.3 Å². The lowest BCUT2D eigenvalue weighted by molar-refractivity contribution is 0.648. The molecular formula is C19H29N5S. The summed E-state index contributed by atoms with van der Waals surface area (Å²) in [6.45, 7) is 8.03. The first-order valence-corrected chi connectivity index (χ1v) is 9.56. The molecule has 1 aromatic carbocycles. The number of anilines is 1. The van der Waals surface area contributed by atoms with E-state index in [2.05, 4.69) is 83.0 Å². The fourth-order valence-corrected chi connectivity index (χ4v) is 3.25. The summed E-state index contributed by atoms with van der Waals surface area (Å²) in [6, 6.07) is 10.7. The average Bonchev–Trinajstić information content (AvgIpc) is 3.11. The van der Waals surface area contributed by atoms with E-state index in [9.17, 15) is 0 Å². The van der Waals surface area contributed by atoms with E-state index in [0.29, 0.717) is 18.5 Å². The molecule has 1 heterocycles. The number of aliphatic imine (C=N–C) groups is 1. The van der Waals surface area contributed by atoms with E-state index in [-0.39, 0.29) is 0 Å². The lowest BCUT2D eigenvalue weighted by atomic mass is 10.2. The molecule has 6 heteroatoms. The quantitative estimate of drug-likeness (QED) is 0.587. The van der Waals surface area contributed by atoms with Gasteiger partial charge in [0.1, 0.15) is 5.01 Å². The maximum absolute atomic E-state index is 4.64. The Morgan fingerprint density at radius 2 is 1.92 bits per heavy atom. The van der Waals surface area contributed by atoms with Crippen molar-refractivity contribution >= 4 is 23.0 Å². The number of likely N-dealkylation sites (N-methyl/N-ethyl adjacent to an activating group) is 1. The first-order chi connectivity index (χ1) is 12.0. The van der Waals surface area contributed by atoms with Crippen molar-refractivity contribution in [2.45, 2.75) is 39.3 Å². The number of rotatable bonds is 7. The van der Waals surface area contributed by atoms with Crippen molar-refractivity contribution in [1.82, 2.24) is 15.6 Å². The second-order valence-electron chi connectivity index (χ2n) is 6.42. The molecule has 0 fully saturated rings. The van der Waals surface area contributed by atoms with E-state index in [1.807, 2.05) is 6.07 Å². The van der Waals surface area contributed by atoms with Gasteiger partial charge in [-0.25, -0.2) is 4.98 Å². The van der Waals surface area contributed by atoms with Gasteiger partial charge in [-0.1, -0.05) is 32.0 Å². The maximum Gasteiger partial charge on any atom is 0.191 e. The molecule has 2 aromatic rings. The number of aromatic nitrogens is 1. The van der Waals surface area contributed by atoms with Gasteiger partial charge in [0.15, 0.2) is 5.96 Å². The predicted molar refractivity (Wildman–Crippen MR) is 109 cm³/mol. The van der Waals surface area contributed by atoms with Crippen molar-refractivity contribution in [3.05, 3.63) is 46.4 Å². The van der Waals surface area contributed by atoms with Crippen LogP contribution in [0.5, 0.6) is 0 Å². The lowest BCUT2D eigenvalue weighted by Crippen LogP contribution is -2.44. The number of benzene rings is 1. The third-order valence-corrected chi connectivity index (χ3v) is 5.05. The lowest BCUT2D eigenvalue weighted by Gasteiger charge is -2.27. The van der Waals surface area contributed by atoms with Gasteiger partial charge in [0.25, 0.3) is 0 Å². The second kappa shape index (κ2) is 9.42. The molecule has 0 saturated carbocycles. The van der Waals surface area contributed by atoms with Crippen LogP contribution in [0.3, 0.4) is 0 Å². The Hall–Kier alpha value is -2.08. The number of hydrogen-bond donors (Lipinski definition) is 2. The zero-order valence-corrected chi connectivity index (χ0v) is 16.6. The second-order valence-corrected chi connectivity index (χ2v) is 7.37. The highest BCUT2D eigenvalue weighted by Gasteiger charge is 2.11. The smallest absolute Gasteiger partial charge is 0.191 e. The Balaban J connectivity index is 1.81. The number of nitrogens with one attached hydrogen (secondary N) is 2. The monoisotopic (exact) mass is 359 g/mol. The fourth-order valence-electron chi connectivity index (χ4n) is 2.35. The van der Waals surface area contributed by atoms with Crippen LogP contribution in [0, 0.1) is 0 Å². The molecule has 0 radical (unpaired) electrons. The fraction of sp³-hybridized carbons (Fsp3) is 0.474. The van der Waals surface area contributed by atoms with E-state index < -0.39 is 0 Å². The third-order valence-electron chi connectivity index (χ3n) is 4.18. The van der Waals surface area contributed by atoms with Crippen molar-refractivity contribution < 1.29 is 0 Å². The van der Waals surface area contributed by atoms with Crippen LogP contribution < -0.4 is 15.5 Å². The molecule has 1 aromatic heterocycles. The summed E-state index contributed by atoms with van der Waals surface area (Å²) in [5, 5.41) is 9.95. The van der Waals surface area contributed by atoms with Gasteiger partial charge >= 0.3 is 0 Å². The molecule has 0 aliphatic carbocycles. The predicted octanol–water partition coefficient (Wildman–Crippen LogP) is 3.46. The molecule has 0 bridgehead atoms. The first kappa shape index (κ1) is 19.2. The molecule has 0 saturated heterocycles. The highest BCUT2D eigenvalue weighted by Crippen LogP contribution is 2.17. The summed E-state index contributed by atoms with van der Waals surface area (Å²) in [5.74, 6) is 1.27. The minimum Gasteiger partial charge on any atom is -0.370 e. The Labute approximate surface area is 155 Å². The number of guanidine groups is 1. The number of hydrogen-bond acceptors (Lipinski definition) is 4. The topological polar surface area (TPSA) is 52.6 Å². The normalized spacial score (nSPS) is 13.0. The summed E-state index contributed by atoms with van der Waals surface area (Å²) in [7, 11) is 3.91. The number of para-hydroxylation sites is 1. The molecule has 2 N–H and O–H groups in total. The van der Waals surface area contributed by atoms with Gasteiger partial charge < -0.3 is 15.5 Å². The van der Waals surface area contributed by atoms with Crippen LogP contribution in [-0.2, 0) is 6.54 Å². The molecule has 2 rings (SSSR count). The number of thiazole rings is 1. The van der Waals surface area contributed by atoms with Crippen molar-refractivity contribution in [3.63, 3.8) is 0 Å². The van der Waals surface area contributed by atoms with Gasteiger partial charge in [-0.05, 0) is 25.0 Å². The highest BCUT2D eigenvalue weighted by atomic mass is 32.1. The Morgan fingerprint density at radius 1 is 1.20 bits per heavy atom. The van der Waals surface area contributed by atoms with E-state index in [1.165, 1.54) is 5.69 Å². The minimum absolute atomic E-state index is 0.341. The molecule has 1 unspecified atom stereocenters. The van der Waals surface area contributed by atoms with Gasteiger partial charge in [0.05, 0.1) is 12.2 Å². The van der Waals surface area contributed by atoms with E-state index in [4.69, 9.17) is 0 Å². The van der Waals surface area contributed by atoms with Crippen LogP contribution in [0.4, 0.5) is 5.69 Å². The third kappa shape index (κ3) is 5.74. The summed E-state index contributed by atoms with van der Waals surface area (Å²) < 4.78 is 0. The zero-order chi connectivity index (χ0) is 18.2. The Bertz CT molecular complexity index is 665. The SMILES string of the molecule is CN=C(NCc1nc(C(C)C)cs1)NCC(C)N(C)c1ccccc1. The van der Waals surface area contributed by atoms with Gasteiger partial charge in [0, 0.05) is 37.7 Å². The largest absolute Gasteiger partial charge is 0.370 e. The Kier molecular flexibility index (Phi) is 7.25. The molecular weight excluding hydrogens is 330 g/mol. The molecule has 25 heavy (non-hydrogen) atoms. The van der Waals surface area contributed by atoms with E-state index in [0.717, 1.165) is 23.2 Å². The minimum atomic E-state index is 0.341. The first-order valence-electron chi connectivity index (χ1n) is 8.68. The number of nitrogens with zero attached hydrogens (tertiary/aromatic N) is 3. The Morgan fingerprint density at radius 3 is 2.52 bits per heavy atom. The van der Waals surface area contributed by atoms with Crippen molar-refractivity contribution in [2.75, 3.05) is 25.5 Å². The van der Waals surface area contributed by atoms with Crippen LogP contribution in [-0.4, -0.2) is 37.6 Å². The van der Waals surface area contributed by atoms with Crippen LogP contribution in [0.1, 0.15) is 37.4 Å². The summed E-state index contributed by atoms with van der Waals surface area (Å²) >= 11 is 1.69. The molecule has 136 valence electrons. The summed E-state index contributed by atoms with van der Waals surface area (Å²) in [6.07, 6.45) is 0. The molecule has 0 spiro atoms. The molecule has 0 amide bonds. The average molecular weight is 360 g/mol.